The second-order valence-corrected chi connectivity index (χ2v) is 6.87. The Hall–Kier alpha value is -3.74. The maximum absolute atomic E-state index is 12.4. The molecule has 1 atom stereocenters. The molecule has 0 saturated carbocycles. The smallest absolute Gasteiger partial charge is 0.226 e. The van der Waals surface area contributed by atoms with E-state index >= 15 is 0 Å². The van der Waals surface area contributed by atoms with Crippen LogP contribution in [0, 0.1) is 0 Å². The molecule has 4 aromatic rings. The fourth-order valence-electron chi connectivity index (χ4n) is 3.80. The van der Waals surface area contributed by atoms with E-state index in [1.165, 1.54) is 0 Å². The summed E-state index contributed by atoms with van der Waals surface area (Å²) in [7, 11) is 1.81. The summed E-state index contributed by atoms with van der Waals surface area (Å²) in [6.07, 6.45) is 3.74. The second-order valence-electron chi connectivity index (χ2n) is 6.87. The van der Waals surface area contributed by atoms with Gasteiger partial charge in [0.25, 0.3) is 0 Å². The highest BCUT2D eigenvalue weighted by atomic mass is 16.3. The van der Waals surface area contributed by atoms with Crippen molar-refractivity contribution in [3.63, 3.8) is 0 Å². The van der Waals surface area contributed by atoms with E-state index in [0.717, 1.165) is 27.9 Å². The molecule has 7 heteroatoms. The Morgan fingerprint density at radius 1 is 1.18 bits per heavy atom. The number of carbonyl (C=O) groups excluding carboxylic acids is 1. The van der Waals surface area contributed by atoms with Gasteiger partial charge in [-0.1, -0.05) is 18.2 Å². The summed E-state index contributed by atoms with van der Waals surface area (Å²) < 4.78 is 1.68. The first-order valence-corrected chi connectivity index (χ1v) is 8.97. The number of carbonyl (C=O) groups is 1. The number of nitrogens with one attached hydrogen (secondary N) is 1. The van der Waals surface area contributed by atoms with E-state index < -0.39 is 0 Å². The van der Waals surface area contributed by atoms with Crippen molar-refractivity contribution in [2.45, 2.75) is 12.3 Å². The van der Waals surface area contributed by atoms with Crippen molar-refractivity contribution in [1.29, 1.82) is 0 Å². The molecule has 1 amide bonds. The number of hydrogen-bond acceptors (Lipinski definition) is 5. The fraction of sp³-hybridized carbons (Fsp3) is 0.143. The van der Waals surface area contributed by atoms with Crippen molar-refractivity contribution in [3.8, 4) is 17.0 Å². The molecule has 0 fully saturated rings. The average Bonchev–Trinajstić information content (AvgIpc) is 3.05. The molecule has 0 bridgehead atoms. The standard InChI is InChI=1S/C21H17N5O2/c1-26-21-18(20(25-26)13-5-3-9-22-11-13)14(10-17(28)24-21)15-8-7-12-4-2-6-16(27)19(12)23-15/h2-9,11,14,27H,10H2,1H3,(H,24,28). The molecule has 28 heavy (non-hydrogen) atoms. The maximum atomic E-state index is 12.4. The minimum atomic E-state index is -0.267. The Labute approximate surface area is 160 Å². The van der Waals surface area contributed by atoms with Gasteiger partial charge in [0.2, 0.25) is 5.91 Å². The monoisotopic (exact) mass is 371 g/mol. The number of phenolic OH excluding ortho intramolecular Hbond substituents is 1. The molecule has 1 aromatic carbocycles. The molecule has 7 nitrogen and oxygen atoms in total. The van der Waals surface area contributed by atoms with Crippen LogP contribution >= 0.6 is 0 Å². The number of phenols is 1. The Kier molecular flexibility index (Phi) is 3.61. The van der Waals surface area contributed by atoms with Crippen LogP contribution in [-0.2, 0) is 11.8 Å². The summed E-state index contributed by atoms with van der Waals surface area (Å²) in [5.41, 5.74) is 3.82. The Morgan fingerprint density at radius 3 is 2.89 bits per heavy atom. The zero-order valence-corrected chi connectivity index (χ0v) is 15.1. The van der Waals surface area contributed by atoms with Gasteiger partial charge in [0.15, 0.2) is 0 Å². The lowest BCUT2D eigenvalue weighted by molar-refractivity contribution is -0.116. The molecular formula is C21H17N5O2. The highest BCUT2D eigenvalue weighted by Crippen LogP contribution is 2.42. The lowest BCUT2D eigenvalue weighted by Gasteiger charge is -2.24. The Balaban J connectivity index is 1.73. The van der Waals surface area contributed by atoms with Crippen LogP contribution in [0.3, 0.4) is 0 Å². The Morgan fingerprint density at radius 2 is 2.07 bits per heavy atom. The molecule has 2 N–H and O–H groups in total. The van der Waals surface area contributed by atoms with E-state index in [1.54, 1.807) is 36.3 Å². The van der Waals surface area contributed by atoms with Gasteiger partial charge >= 0.3 is 0 Å². The van der Waals surface area contributed by atoms with Crippen molar-refractivity contribution in [2.24, 2.45) is 7.05 Å². The molecule has 4 heterocycles. The van der Waals surface area contributed by atoms with Gasteiger partial charge in [-0.25, -0.2) is 4.98 Å². The van der Waals surface area contributed by atoms with Gasteiger partial charge in [0, 0.05) is 54.0 Å². The summed E-state index contributed by atoms with van der Waals surface area (Å²) in [5.74, 6) is 0.437. The molecule has 138 valence electrons. The van der Waals surface area contributed by atoms with E-state index in [-0.39, 0.29) is 24.0 Å². The first kappa shape index (κ1) is 16.4. The lowest BCUT2D eigenvalue weighted by Crippen LogP contribution is -2.25. The summed E-state index contributed by atoms with van der Waals surface area (Å²) >= 11 is 0. The zero-order valence-electron chi connectivity index (χ0n) is 15.1. The third-order valence-electron chi connectivity index (χ3n) is 5.09. The largest absolute Gasteiger partial charge is 0.506 e. The van der Waals surface area contributed by atoms with Crippen molar-refractivity contribution < 1.29 is 9.90 Å². The first-order valence-electron chi connectivity index (χ1n) is 8.97. The normalized spacial score (nSPS) is 16.0. The number of aromatic hydroxyl groups is 1. The van der Waals surface area contributed by atoms with Gasteiger partial charge in [-0.2, -0.15) is 5.10 Å². The van der Waals surface area contributed by atoms with Crippen LogP contribution in [0.2, 0.25) is 0 Å². The van der Waals surface area contributed by atoms with E-state index in [0.29, 0.717) is 11.3 Å². The van der Waals surface area contributed by atoms with Gasteiger partial charge in [0.05, 0.1) is 5.69 Å². The number of pyridine rings is 2. The number of aryl methyl sites for hydroxylation is 1. The molecular weight excluding hydrogens is 354 g/mol. The molecule has 5 rings (SSSR count). The van der Waals surface area contributed by atoms with Crippen LogP contribution in [0.25, 0.3) is 22.2 Å². The molecule has 0 aliphatic carbocycles. The number of aromatic nitrogens is 4. The van der Waals surface area contributed by atoms with E-state index in [1.807, 2.05) is 30.3 Å². The number of nitrogens with zero attached hydrogens (tertiary/aromatic N) is 4. The van der Waals surface area contributed by atoms with Crippen molar-refractivity contribution >= 4 is 22.6 Å². The van der Waals surface area contributed by atoms with Crippen LogP contribution in [0.5, 0.6) is 5.75 Å². The maximum Gasteiger partial charge on any atom is 0.226 e. The number of benzene rings is 1. The summed E-state index contributed by atoms with van der Waals surface area (Å²) in [6.45, 7) is 0. The van der Waals surface area contributed by atoms with Gasteiger partial charge < -0.3 is 10.4 Å². The SMILES string of the molecule is Cn1nc(-c2cccnc2)c2c1NC(=O)CC2c1ccc2cccc(O)c2n1. The molecule has 3 aromatic heterocycles. The predicted octanol–water partition coefficient (Wildman–Crippen LogP) is 3.21. The molecule has 0 spiro atoms. The number of anilines is 1. The minimum Gasteiger partial charge on any atom is -0.506 e. The van der Waals surface area contributed by atoms with E-state index in [9.17, 15) is 9.90 Å². The quantitative estimate of drug-likeness (QED) is 0.564. The number of amides is 1. The number of para-hydroxylation sites is 1. The highest BCUT2D eigenvalue weighted by Gasteiger charge is 2.34. The van der Waals surface area contributed by atoms with Crippen molar-refractivity contribution in [1.82, 2.24) is 19.7 Å². The number of hydrogen-bond donors (Lipinski definition) is 2. The molecule has 0 radical (unpaired) electrons. The summed E-state index contributed by atoms with van der Waals surface area (Å²) in [4.78, 5) is 21.3. The van der Waals surface area contributed by atoms with Crippen molar-refractivity contribution in [2.75, 3.05) is 5.32 Å². The minimum absolute atomic E-state index is 0.0857. The molecule has 1 aliphatic heterocycles. The molecule has 0 saturated heterocycles. The van der Waals surface area contributed by atoms with Gasteiger partial charge in [-0.15, -0.1) is 0 Å². The predicted molar refractivity (Wildman–Crippen MR) is 105 cm³/mol. The third-order valence-corrected chi connectivity index (χ3v) is 5.09. The van der Waals surface area contributed by atoms with Crippen LogP contribution in [0.4, 0.5) is 5.82 Å². The average molecular weight is 371 g/mol. The highest BCUT2D eigenvalue weighted by molar-refractivity contribution is 5.96. The van der Waals surface area contributed by atoms with Crippen LogP contribution in [0.15, 0.2) is 54.9 Å². The van der Waals surface area contributed by atoms with E-state index in [4.69, 9.17) is 4.98 Å². The van der Waals surface area contributed by atoms with E-state index in [2.05, 4.69) is 15.4 Å². The lowest BCUT2D eigenvalue weighted by atomic mass is 9.87. The van der Waals surface area contributed by atoms with Crippen LogP contribution in [0.1, 0.15) is 23.6 Å². The van der Waals surface area contributed by atoms with Crippen LogP contribution < -0.4 is 5.32 Å². The van der Waals surface area contributed by atoms with Crippen LogP contribution in [-0.4, -0.2) is 30.8 Å². The topological polar surface area (TPSA) is 92.9 Å². The second kappa shape index (κ2) is 6.16. The summed E-state index contributed by atoms with van der Waals surface area (Å²) in [6, 6.07) is 12.9. The number of fused-ring (bicyclic) bond motifs is 2. The van der Waals surface area contributed by atoms with Gasteiger partial charge in [0.1, 0.15) is 17.1 Å². The summed E-state index contributed by atoms with van der Waals surface area (Å²) in [5, 5.41) is 18.6. The third kappa shape index (κ3) is 2.51. The first-order chi connectivity index (χ1) is 13.6. The van der Waals surface area contributed by atoms with Crippen molar-refractivity contribution in [3.05, 3.63) is 66.1 Å². The fourth-order valence-corrected chi connectivity index (χ4v) is 3.80. The Bertz CT molecular complexity index is 1220. The zero-order chi connectivity index (χ0) is 19.3. The number of rotatable bonds is 2. The molecule has 1 aliphatic rings. The van der Waals surface area contributed by atoms with Gasteiger partial charge in [-0.05, 0) is 24.3 Å². The van der Waals surface area contributed by atoms with Gasteiger partial charge in [-0.3, -0.25) is 14.5 Å². The molecule has 1 unspecified atom stereocenters.